The van der Waals surface area contributed by atoms with Crippen molar-refractivity contribution in [3.05, 3.63) is 41.0 Å². The zero-order chi connectivity index (χ0) is 9.97. The lowest BCUT2D eigenvalue weighted by Crippen LogP contribution is -2.06. The molecule has 0 fully saturated rings. The normalized spacial score (nSPS) is 10.7. The Morgan fingerprint density at radius 2 is 2.14 bits per heavy atom. The summed E-state index contributed by atoms with van der Waals surface area (Å²) in [6, 6.07) is 9.78. The van der Waals surface area contributed by atoms with E-state index in [9.17, 15) is 0 Å². The number of fused-ring (bicyclic) bond motifs is 1. The van der Waals surface area contributed by atoms with Crippen molar-refractivity contribution in [2.75, 3.05) is 7.05 Å². The molecule has 2 aromatic rings. The van der Waals surface area contributed by atoms with Crippen LogP contribution in [0, 0.1) is 0 Å². The van der Waals surface area contributed by atoms with Crippen molar-refractivity contribution in [2.24, 2.45) is 0 Å². The first kappa shape index (κ1) is 9.44. The molecule has 1 aromatic carbocycles. The van der Waals surface area contributed by atoms with Gasteiger partial charge in [-0.2, -0.15) is 0 Å². The molecule has 2 nitrogen and oxygen atoms in total. The number of halogens is 1. The summed E-state index contributed by atoms with van der Waals surface area (Å²) >= 11 is 5.88. The SMILES string of the molecule is CNCc1ccc2cc(Cl)ccc2n1. The molecule has 1 N–H and O–H groups in total. The minimum Gasteiger partial charge on any atom is -0.314 e. The molecule has 14 heavy (non-hydrogen) atoms. The summed E-state index contributed by atoms with van der Waals surface area (Å²) in [7, 11) is 1.91. The minimum atomic E-state index is 0.751. The van der Waals surface area contributed by atoms with Gasteiger partial charge in [-0.1, -0.05) is 17.7 Å². The maximum atomic E-state index is 5.88. The van der Waals surface area contributed by atoms with Crippen LogP contribution in [0.4, 0.5) is 0 Å². The van der Waals surface area contributed by atoms with Crippen molar-refractivity contribution in [1.29, 1.82) is 0 Å². The number of aromatic nitrogens is 1. The summed E-state index contributed by atoms with van der Waals surface area (Å²) < 4.78 is 0. The van der Waals surface area contributed by atoms with Crippen LogP contribution in [-0.4, -0.2) is 12.0 Å². The molecule has 0 aliphatic heterocycles. The van der Waals surface area contributed by atoms with Gasteiger partial charge in [-0.25, -0.2) is 0 Å². The second-order valence-corrected chi connectivity index (χ2v) is 3.61. The third-order valence-electron chi connectivity index (χ3n) is 2.07. The first-order valence-corrected chi connectivity index (χ1v) is 4.87. The zero-order valence-corrected chi connectivity index (χ0v) is 8.67. The molecule has 0 unspecified atom stereocenters. The highest BCUT2D eigenvalue weighted by molar-refractivity contribution is 6.31. The maximum absolute atomic E-state index is 5.88. The van der Waals surface area contributed by atoms with Gasteiger partial charge in [-0.15, -0.1) is 0 Å². The van der Waals surface area contributed by atoms with Gasteiger partial charge in [-0.05, 0) is 31.3 Å². The number of benzene rings is 1. The Morgan fingerprint density at radius 1 is 1.29 bits per heavy atom. The first-order valence-electron chi connectivity index (χ1n) is 4.49. The third-order valence-corrected chi connectivity index (χ3v) is 2.30. The molecule has 0 amide bonds. The van der Waals surface area contributed by atoms with Crippen molar-refractivity contribution in [3.8, 4) is 0 Å². The molecule has 0 saturated carbocycles. The maximum Gasteiger partial charge on any atom is 0.0706 e. The molecule has 0 bridgehead atoms. The largest absolute Gasteiger partial charge is 0.314 e. The lowest BCUT2D eigenvalue weighted by Gasteiger charge is -2.02. The lowest BCUT2D eigenvalue weighted by atomic mass is 10.2. The smallest absolute Gasteiger partial charge is 0.0706 e. The zero-order valence-electron chi connectivity index (χ0n) is 7.92. The van der Waals surface area contributed by atoms with Gasteiger partial charge in [0.25, 0.3) is 0 Å². The standard InChI is InChI=1S/C11H11ClN2/c1-13-7-10-4-2-8-6-9(12)3-5-11(8)14-10/h2-6,13H,7H2,1H3. The first-order chi connectivity index (χ1) is 6.79. The van der Waals surface area contributed by atoms with Crippen LogP contribution < -0.4 is 5.32 Å². The van der Waals surface area contributed by atoms with Crippen LogP contribution >= 0.6 is 11.6 Å². The van der Waals surface area contributed by atoms with E-state index in [-0.39, 0.29) is 0 Å². The van der Waals surface area contributed by atoms with Gasteiger partial charge in [0, 0.05) is 17.0 Å². The topological polar surface area (TPSA) is 24.9 Å². The van der Waals surface area contributed by atoms with E-state index in [0.29, 0.717) is 0 Å². The van der Waals surface area contributed by atoms with Gasteiger partial charge >= 0.3 is 0 Å². The van der Waals surface area contributed by atoms with E-state index in [1.54, 1.807) is 0 Å². The highest BCUT2D eigenvalue weighted by atomic mass is 35.5. The Kier molecular flexibility index (Phi) is 2.66. The minimum absolute atomic E-state index is 0.751. The van der Waals surface area contributed by atoms with Crippen molar-refractivity contribution in [3.63, 3.8) is 0 Å². The molecule has 0 spiro atoms. The van der Waals surface area contributed by atoms with Crippen molar-refractivity contribution in [1.82, 2.24) is 10.3 Å². The third kappa shape index (κ3) is 1.86. The summed E-state index contributed by atoms with van der Waals surface area (Å²) in [6.45, 7) is 0.790. The number of nitrogens with zero attached hydrogens (tertiary/aromatic N) is 1. The molecule has 0 saturated heterocycles. The number of hydrogen-bond acceptors (Lipinski definition) is 2. The van der Waals surface area contributed by atoms with Crippen LogP contribution in [0.15, 0.2) is 30.3 Å². The molecule has 2 rings (SSSR count). The van der Waals surface area contributed by atoms with Crippen LogP contribution in [0.5, 0.6) is 0 Å². The van der Waals surface area contributed by atoms with Gasteiger partial charge in [0.05, 0.1) is 11.2 Å². The fraction of sp³-hybridized carbons (Fsp3) is 0.182. The average Bonchev–Trinajstić information content (AvgIpc) is 2.19. The Hall–Kier alpha value is -1.12. The molecule has 0 atom stereocenters. The van der Waals surface area contributed by atoms with Gasteiger partial charge in [0.15, 0.2) is 0 Å². The summed E-state index contributed by atoms with van der Waals surface area (Å²) in [5.74, 6) is 0. The average molecular weight is 207 g/mol. The molecule has 0 aliphatic rings. The molecule has 1 aromatic heterocycles. The fourth-order valence-electron chi connectivity index (χ4n) is 1.42. The van der Waals surface area contributed by atoms with Crippen LogP contribution in [0.2, 0.25) is 5.02 Å². The van der Waals surface area contributed by atoms with E-state index in [1.165, 1.54) is 0 Å². The van der Waals surface area contributed by atoms with E-state index in [1.807, 2.05) is 37.4 Å². The Bertz CT molecular complexity index is 454. The lowest BCUT2D eigenvalue weighted by molar-refractivity contribution is 0.795. The highest BCUT2D eigenvalue weighted by Gasteiger charge is 1.97. The molecular weight excluding hydrogens is 196 g/mol. The molecule has 72 valence electrons. The number of pyridine rings is 1. The molecular formula is C11H11ClN2. The monoisotopic (exact) mass is 206 g/mol. The summed E-state index contributed by atoms with van der Waals surface area (Å²) in [5, 5.41) is 4.90. The van der Waals surface area contributed by atoms with E-state index >= 15 is 0 Å². The number of nitrogens with one attached hydrogen (secondary N) is 1. The van der Waals surface area contributed by atoms with Crippen LogP contribution in [-0.2, 0) is 6.54 Å². The summed E-state index contributed by atoms with van der Waals surface area (Å²) in [6.07, 6.45) is 0. The fourth-order valence-corrected chi connectivity index (χ4v) is 1.60. The van der Waals surface area contributed by atoms with Gasteiger partial charge in [-0.3, -0.25) is 4.98 Å². The van der Waals surface area contributed by atoms with Crippen molar-refractivity contribution >= 4 is 22.5 Å². The van der Waals surface area contributed by atoms with E-state index in [0.717, 1.165) is 28.2 Å². The second kappa shape index (κ2) is 3.95. The van der Waals surface area contributed by atoms with E-state index < -0.39 is 0 Å². The highest BCUT2D eigenvalue weighted by Crippen LogP contribution is 2.17. The Balaban J connectivity index is 2.50. The molecule has 0 aliphatic carbocycles. The predicted octanol–water partition coefficient (Wildman–Crippen LogP) is 2.61. The summed E-state index contributed by atoms with van der Waals surface area (Å²) in [5.41, 5.74) is 2.03. The van der Waals surface area contributed by atoms with E-state index in [4.69, 9.17) is 11.6 Å². The molecule has 1 heterocycles. The number of rotatable bonds is 2. The van der Waals surface area contributed by atoms with E-state index in [2.05, 4.69) is 10.3 Å². The molecule has 0 radical (unpaired) electrons. The Morgan fingerprint density at radius 3 is 2.93 bits per heavy atom. The quantitative estimate of drug-likeness (QED) is 0.817. The predicted molar refractivity (Wildman–Crippen MR) is 59.5 cm³/mol. The van der Waals surface area contributed by atoms with Crippen molar-refractivity contribution < 1.29 is 0 Å². The van der Waals surface area contributed by atoms with Crippen LogP contribution in [0.1, 0.15) is 5.69 Å². The van der Waals surface area contributed by atoms with Gasteiger partial charge < -0.3 is 5.32 Å². The van der Waals surface area contributed by atoms with Crippen LogP contribution in [0.25, 0.3) is 10.9 Å². The molecule has 3 heteroatoms. The van der Waals surface area contributed by atoms with Crippen LogP contribution in [0.3, 0.4) is 0 Å². The summed E-state index contributed by atoms with van der Waals surface area (Å²) in [4.78, 5) is 4.48. The number of hydrogen-bond donors (Lipinski definition) is 1. The van der Waals surface area contributed by atoms with Crippen molar-refractivity contribution in [2.45, 2.75) is 6.54 Å². The second-order valence-electron chi connectivity index (χ2n) is 3.17. The Labute approximate surface area is 87.9 Å². The van der Waals surface area contributed by atoms with Gasteiger partial charge in [0.1, 0.15) is 0 Å². The van der Waals surface area contributed by atoms with Gasteiger partial charge in [0.2, 0.25) is 0 Å².